The first-order valence-electron chi connectivity index (χ1n) is 5.04. The summed E-state index contributed by atoms with van der Waals surface area (Å²) < 4.78 is 13.2. The number of benzene rings is 1. The molecule has 2 N–H and O–H groups in total. The quantitative estimate of drug-likeness (QED) is 0.772. The van der Waals surface area contributed by atoms with Crippen molar-refractivity contribution in [3.05, 3.63) is 29.6 Å². The second-order valence-electron chi connectivity index (χ2n) is 4.45. The maximum atomic E-state index is 13.2. The Morgan fingerprint density at radius 2 is 2.06 bits per heavy atom. The standard InChI is InChI=1S/C12H16FNO2/c1-8(16)9-4-10(13)6-11(5-9)14-12(2,3)7-15/h4-6,14-15H,7H2,1-3H3. The minimum atomic E-state index is -0.554. The van der Waals surface area contributed by atoms with E-state index in [1.54, 1.807) is 19.9 Å². The Labute approximate surface area is 94.3 Å². The van der Waals surface area contributed by atoms with Gasteiger partial charge < -0.3 is 10.4 Å². The molecule has 16 heavy (non-hydrogen) atoms. The maximum Gasteiger partial charge on any atom is 0.159 e. The van der Waals surface area contributed by atoms with E-state index in [9.17, 15) is 9.18 Å². The van der Waals surface area contributed by atoms with Gasteiger partial charge in [0.25, 0.3) is 0 Å². The summed E-state index contributed by atoms with van der Waals surface area (Å²) in [6, 6.07) is 4.06. The Morgan fingerprint density at radius 3 is 2.56 bits per heavy atom. The van der Waals surface area contributed by atoms with Crippen molar-refractivity contribution in [2.24, 2.45) is 0 Å². The van der Waals surface area contributed by atoms with Crippen molar-refractivity contribution in [3.8, 4) is 0 Å². The molecule has 0 aromatic heterocycles. The first-order valence-corrected chi connectivity index (χ1v) is 5.04. The summed E-state index contributed by atoms with van der Waals surface area (Å²) in [4.78, 5) is 11.1. The average molecular weight is 225 g/mol. The number of halogens is 1. The van der Waals surface area contributed by atoms with Crippen LogP contribution in [0.25, 0.3) is 0 Å². The zero-order valence-corrected chi connectivity index (χ0v) is 9.67. The van der Waals surface area contributed by atoms with Gasteiger partial charge >= 0.3 is 0 Å². The van der Waals surface area contributed by atoms with Crippen molar-refractivity contribution in [2.45, 2.75) is 26.3 Å². The molecule has 0 aliphatic rings. The Bertz CT molecular complexity index is 402. The molecule has 88 valence electrons. The molecule has 0 heterocycles. The highest BCUT2D eigenvalue weighted by molar-refractivity contribution is 5.95. The first kappa shape index (κ1) is 12.6. The molecule has 0 radical (unpaired) electrons. The number of hydrogen-bond donors (Lipinski definition) is 2. The van der Waals surface area contributed by atoms with Gasteiger partial charge in [0.2, 0.25) is 0 Å². The molecule has 3 nitrogen and oxygen atoms in total. The zero-order chi connectivity index (χ0) is 12.3. The highest BCUT2D eigenvalue weighted by atomic mass is 19.1. The lowest BCUT2D eigenvalue weighted by Gasteiger charge is -2.25. The largest absolute Gasteiger partial charge is 0.394 e. The number of aliphatic hydroxyl groups is 1. The number of nitrogens with one attached hydrogen (secondary N) is 1. The van der Waals surface area contributed by atoms with Crippen LogP contribution in [0.1, 0.15) is 31.1 Å². The molecule has 0 aliphatic carbocycles. The van der Waals surface area contributed by atoms with Crippen LogP contribution in [0, 0.1) is 5.82 Å². The number of rotatable bonds is 4. The lowest BCUT2D eigenvalue weighted by Crippen LogP contribution is -2.34. The van der Waals surface area contributed by atoms with Crippen LogP contribution in [0.5, 0.6) is 0 Å². The summed E-state index contributed by atoms with van der Waals surface area (Å²) in [5.41, 5.74) is 0.252. The summed E-state index contributed by atoms with van der Waals surface area (Å²) >= 11 is 0. The topological polar surface area (TPSA) is 49.3 Å². The lowest BCUT2D eigenvalue weighted by atomic mass is 10.1. The van der Waals surface area contributed by atoms with E-state index in [0.717, 1.165) is 0 Å². The fourth-order valence-corrected chi connectivity index (χ4v) is 1.30. The van der Waals surface area contributed by atoms with Gasteiger partial charge in [-0.2, -0.15) is 0 Å². The molecule has 1 aromatic carbocycles. The van der Waals surface area contributed by atoms with Gasteiger partial charge in [-0.05, 0) is 39.0 Å². The van der Waals surface area contributed by atoms with Crippen LogP contribution in [-0.4, -0.2) is 23.0 Å². The Kier molecular flexibility index (Phi) is 3.65. The third kappa shape index (κ3) is 3.31. The van der Waals surface area contributed by atoms with E-state index in [2.05, 4.69) is 5.32 Å². The van der Waals surface area contributed by atoms with Crippen LogP contribution in [0.4, 0.5) is 10.1 Å². The normalized spacial score (nSPS) is 11.3. The van der Waals surface area contributed by atoms with Crippen molar-refractivity contribution in [1.29, 1.82) is 0 Å². The molecule has 0 spiro atoms. The van der Waals surface area contributed by atoms with E-state index < -0.39 is 11.4 Å². The number of carbonyl (C=O) groups excluding carboxylic acids is 1. The van der Waals surface area contributed by atoms with Gasteiger partial charge in [0.05, 0.1) is 12.1 Å². The molecule has 0 unspecified atom stereocenters. The van der Waals surface area contributed by atoms with E-state index in [1.165, 1.54) is 19.1 Å². The van der Waals surface area contributed by atoms with E-state index in [1.807, 2.05) is 0 Å². The van der Waals surface area contributed by atoms with E-state index in [0.29, 0.717) is 11.3 Å². The van der Waals surface area contributed by atoms with E-state index in [4.69, 9.17) is 5.11 Å². The van der Waals surface area contributed by atoms with Crippen molar-refractivity contribution < 1.29 is 14.3 Å². The lowest BCUT2D eigenvalue weighted by molar-refractivity contribution is 0.101. The molecular weight excluding hydrogens is 209 g/mol. The van der Waals surface area contributed by atoms with Crippen LogP contribution in [0.3, 0.4) is 0 Å². The van der Waals surface area contributed by atoms with Crippen molar-refractivity contribution >= 4 is 11.5 Å². The monoisotopic (exact) mass is 225 g/mol. The highest BCUT2D eigenvalue weighted by Gasteiger charge is 2.16. The van der Waals surface area contributed by atoms with Gasteiger partial charge in [-0.1, -0.05) is 0 Å². The summed E-state index contributed by atoms with van der Waals surface area (Å²) in [6.45, 7) is 4.87. The third-order valence-corrected chi connectivity index (χ3v) is 2.18. The van der Waals surface area contributed by atoms with E-state index >= 15 is 0 Å². The summed E-state index contributed by atoms with van der Waals surface area (Å²) in [5, 5.41) is 12.0. The van der Waals surface area contributed by atoms with E-state index in [-0.39, 0.29) is 12.4 Å². The molecule has 0 bridgehead atoms. The van der Waals surface area contributed by atoms with Gasteiger partial charge in [0.1, 0.15) is 5.82 Å². The second kappa shape index (κ2) is 4.61. The maximum absolute atomic E-state index is 13.2. The van der Waals surface area contributed by atoms with Gasteiger partial charge in [-0.15, -0.1) is 0 Å². The SMILES string of the molecule is CC(=O)c1cc(F)cc(NC(C)(C)CO)c1. The molecule has 0 saturated carbocycles. The van der Waals surface area contributed by atoms with Gasteiger partial charge in [-0.25, -0.2) is 4.39 Å². The average Bonchev–Trinajstić information content (AvgIpc) is 2.16. The molecule has 0 atom stereocenters. The fourth-order valence-electron chi connectivity index (χ4n) is 1.30. The van der Waals surface area contributed by atoms with Gasteiger partial charge in [-0.3, -0.25) is 4.79 Å². The number of hydrogen-bond acceptors (Lipinski definition) is 3. The Hall–Kier alpha value is -1.42. The molecule has 1 rings (SSSR count). The first-order chi connectivity index (χ1) is 7.34. The van der Waals surface area contributed by atoms with Crippen LogP contribution in [0.15, 0.2) is 18.2 Å². The number of anilines is 1. The minimum absolute atomic E-state index is 0.0844. The minimum Gasteiger partial charge on any atom is -0.394 e. The summed E-state index contributed by atoms with van der Waals surface area (Å²) in [6.07, 6.45) is 0. The molecule has 1 aromatic rings. The second-order valence-corrected chi connectivity index (χ2v) is 4.45. The predicted molar refractivity (Wildman–Crippen MR) is 61.2 cm³/mol. The summed E-state index contributed by atoms with van der Waals surface area (Å²) in [7, 11) is 0. The smallest absolute Gasteiger partial charge is 0.159 e. The van der Waals surface area contributed by atoms with Crippen LogP contribution in [0.2, 0.25) is 0 Å². The Balaban J connectivity index is 3.01. The Morgan fingerprint density at radius 1 is 1.44 bits per heavy atom. The molecule has 0 amide bonds. The number of ketones is 1. The molecule has 0 saturated heterocycles. The predicted octanol–water partition coefficient (Wildman–Crippen LogP) is 2.21. The van der Waals surface area contributed by atoms with Gasteiger partial charge in [0.15, 0.2) is 5.78 Å². The fraction of sp³-hybridized carbons (Fsp3) is 0.417. The molecule has 4 heteroatoms. The highest BCUT2D eigenvalue weighted by Crippen LogP contribution is 2.18. The summed E-state index contributed by atoms with van der Waals surface area (Å²) in [5.74, 6) is -0.659. The van der Waals surface area contributed by atoms with Crippen LogP contribution < -0.4 is 5.32 Å². The third-order valence-electron chi connectivity index (χ3n) is 2.18. The van der Waals surface area contributed by atoms with Gasteiger partial charge in [0, 0.05) is 11.3 Å². The van der Waals surface area contributed by atoms with Crippen molar-refractivity contribution in [3.63, 3.8) is 0 Å². The van der Waals surface area contributed by atoms with Crippen molar-refractivity contribution in [2.75, 3.05) is 11.9 Å². The molecule has 0 aliphatic heterocycles. The van der Waals surface area contributed by atoms with Crippen molar-refractivity contribution in [1.82, 2.24) is 0 Å². The van der Waals surface area contributed by atoms with Crippen LogP contribution in [-0.2, 0) is 0 Å². The zero-order valence-electron chi connectivity index (χ0n) is 9.67. The molecule has 0 fully saturated rings. The number of Topliss-reactive ketones (excluding diaryl/α,β-unsaturated/α-hetero) is 1. The van der Waals surface area contributed by atoms with Crippen LogP contribution >= 0.6 is 0 Å². The number of aliphatic hydroxyl groups excluding tert-OH is 1. The number of carbonyl (C=O) groups is 1. The molecular formula is C12H16FNO2.